The number of anilines is 1. The van der Waals surface area contributed by atoms with Crippen LogP contribution < -0.4 is 18.9 Å². The molecule has 0 radical (unpaired) electrons. The minimum Gasteiger partial charge on any atom is -0.493 e. The van der Waals surface area contributed by atoms with Crippen LogP contribution in [-0.2, 0) is 14.8 Å². The van der Waals surface area contributed by atoms with Crippen molar-refractivity contribution in [3.05, 3.63) is 54.1 Å². The summed E-state index contributed by atoms with van der Waals surface area (Å²) in [7, 11) is 0.376. The SMILES string of the molecule is COc1cc(C2=N[C@@H](C(C)(C)C)CO2)c(NS(=O)(=O)c2ccc3ccccc3c2)c(OC)c1OC. The van der Waals surface area contributed by atoms with E-state index in [2.05, 4.69) is 25.5 Å². The predicted octanol–water partition coefficient (Wildman–Crippen LogP) is 4.86. The average molecular weight is 499 g/mol. The van der Waals surface area contributed by atoms with Gasteiger partial charge in [-0.25, -0.2) is 13.4 Å². The fraction of sp³-hybridized carbons (Fsp3) is 0.346. The van der Waals surface area contributed by atoms with Gasteiger partial charge < -0.3 is 18.9 Å². The molecule has 1 aliphatic heterocycles. The Bertz CT molecular complexity index is 1390. The molecule has 0 bridgehead atoms. The molecular weight excluding hydrogens is 468 g/mol. The molecule has 0 fully saturated rings. The van der Waals surface area contributed by atoms with Crippen molar-refractivity contribution in [2.45, 2.75) is 31.7 Å². The molecule has 0 unspecified atom stereocenters. The lowest BCUT2D eigenvalue weighted by Gasteiger charge is -2.22. The van der Waals surface area contributed by atoms with E-state index in [4.69, 9.17) is 23.9 Å². The van der Waals surface area contributed by atoms with E-state index in [1.165, 1.54) is 21.3 Å². The number of benzene rings is 3. The Hall–Kier alpha value is -3.46. The maximum absolute atomic E-state index is 13.5. The molecule has 0 saturated carbocycles. The molecule has 9 heteroatoms. The zero-order valence-electron chi connectivity index (χ0n) is 20.7. The molecule has 8 nitrogen and oxygen atoms in total. The number of nitrogens with zero attached hydrogens (tertiary/aromatic N) is 1. The molecule has 186 valence electrons. The van der Waals surface area contributed by atoms with Crippen LogP contribution >= 0.6 is 0 Å². The summed E-state index contributed by atoms with van der Waals surface area (Å²) >= 11 is 0. The molecule has 0 amide bonds. The maximum Gasteiger partial charge on any atom is 0.262 e. The molecule has 1 N–H and O–H groups in total. The molecule has 0 saturated heterocycles. The minimum atomic E-state index is -4.01. The molecule has 35 heavy (non-hydrogen) atoms. The summed E-state index contributed by atoms with van der Waals surface area (Å²) in [6.45, 7) is 6.61. The third-order valence-corrected chi connectivity index (χ3v) is 7.33. The lowest BCUT2D eigenvalue weighted by Crippen LogP contribution is -2.25. The van der Waals surface area contributed by atoms with Gasteiger partial charge in [0, 0.05) is 0 Å². The van der Waals surface area contributed by atoms with Gasteiger partial charge >= 0.3 is 0 Å². The van der Waals surface area contributed by atoms with E-state index >= 15 is 0 Å². The normalized spacial score (nSPS) is 15.9. The molecular formula is C26H30N2O6S. The molecule has 0 aliphatic carbocycles. The number of rotatable bonds is 7. The number of ether oxygens (including phenoxy) is 4. The number of sulfonamides is 1. The molecule has 4 rings (SSSR count). The first-order chi connectivity index (χ1) is 16.6. The second kappa shape index (κ2) is 9.30. The molecule has 1 aliphatic rings. The Kier molecular flexibility index (Phi) is 6.55. The summed E-state index contributed by atoms with van der Waals surface area (Å²) in [6.07, 6.45) is 0. The number of nitrogens with one attached hydrogen (secondary N) is 1. The van der Waals surface area contributed by atoms with Crippen molar-refractivity contribution in [1.82, 2.24) is 0 Å². The number of hydrogen-bond acceptors (Lipinski definition) is 7. The van der Waals surface area contributed by atoms with Gasteiger partial charge in [0.1, 0.15) is 12.3 Å². The van der Waals surface area contributed by atoms with Crippen LogP contribution in [-0.4, -0.2) is 48.3 Å². The Morgan fingerprint density at radius 3 is 2.23 bits per heavy atom. The van der Waals surface area contributed by atoms with E-state index in [1.54, 1.807) is 24.3 Å². The number of aliphatic imine (C=N–C) groups is 1. The zero-order valence-corrected chi connectivity index (χ0v) is 21.5. The number of methoxy groups -OCH3 is 3. The quantitative estimate of drug-likeness (QED) is 0.500. The van der Waals surface area contributed by atoms with Crippen molar-refractivity contribution in [1.29, 1.82) is 0 Å². The summed E-state index contributed by atoms with van der Waals surface area (Å²) in [5.41, 5.74) is 0.426. The highest BCUT2D eigenvalue weighted by molar-refractivity contribution is 7.92. The van der Waals surface area contributed by atoms with E-state index in [0.717, 1.165) is 10.8 Å². The van der Waals surface area contributed by atoms with Crippen molar-refractivity contribution in [2.75, 3.05) is 32.7 Å². The third kappa shape index (κ3) is 4.73. The molecule has 1 atom stereocenters. The predicted molar refractivity (Wildman–Crippen MR) is 137 cm³/mol. The van der Waals surface area contributed by atoms with E-state index < -0.39 is 10.0 Å². The number of hydrogen-bond donors (Lipinski definition) is 1. The van der Waals surface area contributed by atoms with Gasteiger partial charge in [-0.1, -0.05) is 51.1 Å². The number of fused-ring (bicyclic) bond motifs is 1. The first-order valence-corrected chi connectivity index (χ1v) is 12.6. The van der Waals surface area contributed by atoms with Crippen molar-refractivity contribution < 1.29 is 27.4 Å². The van der Waals surface area contributed by atoms with Crippen LogP contribution in [0.25, 0.3) is 10.8 Å². The molecule has 0 aromatic heterocycles. The molecule has 0 spiro atoms. The summed E-state index contributed by atoms with van der Waals surface area (Å²) in [6, 6.07) is 14.1. The minimum absolute atomic E-state index is 0.0958. The van der Waals surface area contributed by atoms with Crippen LogP contribution in [0.5, 0.6) is 17.2 Å². The monoisotopic (exact) mass is 498 g/mol. The highest BCUT2D eigenvalue weighted by Gasteiger charge is 2.34. The van der Waals surface area contributed by atoms with Gasteiger partial charge in [-0.05, 0) is 34.4 Å². The fourth-order valence-electron chi connectivity index (χ4n) is 3.92. The largest absolute Gasteiger partial charge is 0.493 e. The van der Waals surface area contributed by atoms with E-state index in [9.17, 15) is 8.42 Å². The van der Waals surface area contributed by atoms with Crippen LogP contribution in [0.4, 0.5) is 5.69 Å². The Labute approximate surface area is 205 Å². The standard InChI is InChI=1S/C26H30N2O6S/c1-26(2,3)21-15-34-25(27-21)19-14-20(31-4)23(32-5)24(33-6)22(19)28-35(29,30)18-12-11-16-9-7-8-10-17(16)13-18/h7-14,21,28H,15H2,1-6H3/t21-/m1/s1. The topological polar surface area (TPSA) is 95.5 Å². The van der Waals surface area contributed by atoms with Gasteiger partial charge in [0.2, 0.25) is 11.6 Å². The Morgan fingerprint density at radius 1 is 0.943 bits per heavy atom. The first kappa shape index (κ1) is 24.7. The van der Waals surface area contributed by atoms with Crippen LogP contribution in [0.2, 0.25) is 0 Å². The van der Waals surface area contributed by atoms with Crippen molar-refractivity contribution in [3.8, 4) is 17.2 Å². The second-order valence-electron chi connectivity index (χ2n) is 9.31. The fourth-order valence-corrected chi connectivity index (χ4v) is 5.04. The Morgan fingerprint density at radius 2 is 1.63 bits per heavy atom. The lowest BCUT2D eigenvalue weighted by molar-refractivity contribution is 0.236. The van der Waals surface area contributed by atoms with Crippen molar-refractivity contribution >= 4 is 32.4 Å². The van der Waals surface area contributed by atoms with Gasteiger partial charge in [-0.3, -0.25) is 4.72 Å². The maximum atomic E-state index is 13.5. The average Bonchev–Trinajstić information content (AvgIpc) is 3.34. The van der Waals surface area contributed by atoms with Gasteiger partial charge in [0.15, 0.2) is 11.5 Å². The van der Waals surface area contributed by atoms with E-state index in [0.29, 0.717) is 23.8 Å². The highest BCUT2D eigenvalue weighted by Crippen LogP contribution is 2.47. The van der Waals surface area contributed by atoms with E-state index in [-0.39, 0.29) is 33.5 Å². The van der Waals surface area contributed by atoms with Gasteiger partial charge in [0.05, 0.1) is 37.8 Å². The molecule has 3 aromatic rings. The third-order valence-electron chi connectivity index (χ3n) is 5.98. The smallest absolute Gasteiger partial charge is 0.262 e. The summed E-state index contributed by atoms with van der Waals surface area (Å²) < 4.78 is 52.3. The summed E-state index contributed by atoms with van der Waals surface area (Å²) in [5.74, 6) is 1.08. The van der Waals surface area contributed by atoms with Crippen molar-refractivity contribution in [3.63, 3.8) is 0 Å². The van der Waals surface area contributed by atoms with E-state index in [1.807, 2.05) is 24.3 Å². The van der Waals surface area contributed by atoms with Gasteiger partial charge in [-0.2, -0.15) is 0 Å². The molecule has 1 heterocycles. The van der Waals surface area contributed by atoms with Crippen molar-refractivity contribution in [2.24, 2.45) is 10.4 Å². The highest BCUT2D eigenvalue weighted by atomic mass is 32.2. The van der Waals surface area contributed by atoms with Crippen LogP contribution in [0.1, 0.15) is 26.3 Å². The van der Waals surface area contributed by atoms with Gasteiger partial charge in [-0.15, -0.1) is 0 Å². The zero-order chi connectivity index (χ0) is 25.4. The summed E-state index contributed by atoms with van der Waals surface area (Å²) in [5, 5.41) is 1.75. The van der Waals surface area contributed by atoms with Crippen LogP contribution in [0, 0.1) is 5.41 Å². The lowest BCUT2D eigenvalue weighted by atomic mass is 9.88. The summed E-state index contributed by atoms with van der Waals surface area (Å²) in [4.78, 5) is 4.86. The molecule has 3 aromatic carbocycles. The van der Waals surface area contributed by atoms with Gasteiger partial charge in [0.25, 0.3) is 10.0 Å². The van der Waals surface area contributed by atoms with Crippen LogP contribution in [0.15, 0.2) is 58.4 Å². The first-order valence-electron chi connectivity index (χ1n) is 11.1. The van der Waals surface area contributed by atoms with Crippen LogP contribution in [0.3, 0.4) is 0 Å². The Balaban J connectivity index is 1.87. The second-order valence-corrected chi connectivity index (χ2v) is 11.0.